The summed E-state index contributed by atoms with van der Waals surface area (Å²) in [7, 11) is -3.56. The zero-order valence-corrected chi connectivity index (χ0v) is 11.9. The quantitative estimate of drug-likeness (QED) is 0.817. The zero-order chi connectivity index (χ0) is 13.8. The molecule has 0 fully saturated rings. The van der Waals surface area contributed by atoms with Crippen LogP contribution in [0.2, 0.25) is 0 Å². The van der Waals surface area contributed by atoms with Crippen molar-refractivity contribution in [1.29, 1.82) is 0 Å². The molecule has 0 aromatic heterocycles. The van der Waals surface area contributed by atoms with E-state index in [-0.39, 0.29) is 17.9 Å². The minimum atomic E-state index is -3.56. The lowest BCUT2D eigenvalue weighted by atomic mass is 10.0. The second-order valence-corrected chi connectivity index (χ2v) is 6.42. The molecule has 0 atom stereocenters. The van der Waals surface area contributed by atoms with Crippen molar-refractivity contribution in [3.8, 4) is 0 Å². The lowest BCUT2D eigenvalue weighted by Gasteiger charge is -2.08. The summed E-state index contributed by atoms with van der Waals surface area (Å²) in [5.74, 6) is 0.351. The number of halogens is 1. The first kappa shape index (κ1) is 15.1. The monoisotopic (exact) mass is 289 g/mol. The summed E-state index contributed by atoms with van der Waals surface area (Å²) in [5.41, 5.74) is 1.07. The van der Waals surface area contributed by atoms with E-state index in [0.717, 1.165) is 5.56 Å². The van der Waals surface area contributed by atoms with E-state index < -0.39 is 15.3 Å². The van der Waals surface area contributed by atoms with Gasteiger partial charge in [-0.05, 0) is 35.2 Å². The number of hydrogen-bond donors (Lipinski definition) is 1. The number of carbonyl (C=O) groups excluding carboxylic acids is 1. The van der Waals surface area contributed by atoms with Gasteiger partial charge in [0.15, 0.2) is 0 Å². The van der Waals surface area contributed by atoms with Crippen LogP contribution in [0.1, 0.15) is 31.7 Å². The second kappa shape index (κ2) is 6.31. The van der Waals surface area contributed by atoms with Crippen molar-refractivity contribution in [2.75, 3.05) is 6.54 Å². The van der Waals surface area contributed by atoms with Gasteiger partial charge in [0.05, 0.1) is 4.90 Å². The smallest absolute Gasteiger partial charge is 0.240 e. The van der Waals surface area contributed by atoms with Gasteiger partial charge in [0.25, 0.3) is 0 Å². The molecule has 100 valence electrons. The van der Waals surface area contributed by atoms with Crippen molar-refractivity contribution < 1.29 is 13.2 Å². The number of rotatable bonds is 6. The summed E-state index contributed by atoms with van der Waals surface area (Å²) in [5, 5.41) is -0.562. The highest BCUT2D eigenvalue weighted by atomic mass is 35.5. The van der Waals surface area contributed by atoms with Gasteiger partial charge in [0.1, 0.15) is 0 Å². The van der Waals surface area contributed by atoms with Crippen LogP contribution in [0.5, 0.6) is 0 Å². The minimum Gasteiger partial charge on any atom is -0.281 e. The molecule has 0 radical (unpaired) electrons. The third-order valence-corrected chi connectivity index (χ3v) is 4.14. The van der Waals surface area contributed by atoms with Crippen molar-refractivity contribution in [2.45, 2.75) is 31.1 Å². The van der Waals surface area contributed by atoms with E-state index in [9.17, 15) is 13.2 Å². The van der Waals surface area contributed by atoms with Crippen LogP contribution in [0.15, 0.2) is 29.2 Å². The Balaban J connectivity index is 2.76. The van der Waals surface area contributed by atoms with Gasteiger partial charge in [-0.1, -0.05) is 26.0 Å². The molecule has 0 heterocycles. The van der Waals surface area contributed by atoms with Gasteiger partial charge in [-0.2, -0.15) is 0 Å². The van der Waals surface area contributed by atoms with E-state index >= 15 is 0 Å². The summed E-state index contributed by atoms with van der Waals surface area (Å²) < 4.78 is 26.0. The average molecular weight is 290 g/mol. The third kappa shape index (κ3) is 4.40. The Morgan fingerprint density at radius 1 is 1.28 bits per heavy atom. The minimum absolute atomic E-state index is 0.0105. The fraction of sp³-hybridized carbons (Fsp3) is 0.417. The molecular formula is C12H16ClNO3S. The normalized spacial score (nSPS) is 11.8. The number of carbonyl (C=O) groups is 1. The SMILES string of the molecule is CC(C)c1ccc(S(=O)(=O)NCCC(=O)Cl)cc1. The van der Waals surface area contributed by atoms with Gasteiger partial charge >= 0.3 is 0 Å². The van der Waals surface area contributed by atoms with Crippen LogP contribution < -0.4 is 4.72 Å². The first-order valence-electron chi connectivity index (χ1n) is 5.61. The standard InChI is InChI=1S/C12H16ClNO3S/c1-9(2)10-3-5-11(6-4-10)18(16,17)14-8-7-12(13)15/h3-6,9,14H,7-8H2,1-2H3. The highest BCUT2D eigenvalue weighted by Crippen LogP contribution is 2.17. The Morgan fingerprint density at radius 2 is 1.83 bits per heavy atom. The maximum Gasteiger partial charge on any atom is 0.240 e. The van der Waals surface area contributed by atoms with Gasteiger partial charge in [-0.25, -0.2) is 13.1 Å². The van der Waals surface area contributed by atoms with Crippen LogP contribution in [-0.4, -0.2) is 20.2 Å². The highest BCUT2D eigenvalue weighted by Gasteiger charge is 2.13. The molecule has 0 bridgehead atoms. The number of sulfonamides is 1. The van der Waals surface area contributed by atoms with Crippen LogP contribution >= 0.6 is 11.6 Å². The van der Waals surface area contributed by atoms with Crippen molar-refractivity contribution in [1.82, 2.24) is 4.72 Å². The van der Waals surface area contributed by atoms with Crippen LogP contribution in [0, 0.1) is 0 Å². The molecule has 0 saturated carbocycles. The number of benzene rings is 1. The lowest BCUT2D eigenvalue weighted by molar-refractivity contribution is -0.111. The maximum absolute atomic E-state index is 11.8. The predicted octanol–water partition coefficient (Wildman–Crippen LogP) is 2.24. The Bertz CT molecular complexity index is 509. The Kier molecular flexibility index (Phi) is 5.31. The van der Waals surface area contributed by atoms with E-state index in [1.165, 1.54) is 0 Å². The molecule has 0 aliphatic rings. The van der Waals surface area contributed by atoms with Crippen LogP contribution in [0.4, 0.5) is 0 Å². The first-order chi connectivity index (χ1) is 8.33. The topological polar surface area (TPSA) is 63.2 Å². The summed E-state index contributed by atoms with van der Waals surface area (Å²) in [6, 6.07) is 6.68. The summed E-state index contributed by atoms with van der Waals surface area (Å²) in [4.78, 5) is 10.7. The van der Waals surface area contributed by atoms with Crippen LogP contribution in [-0.2, 0) is 14.8 Å². The van der Waals surface area contributed by atoms with Crippen LogP contribution in [0.25, 0.3) is 0 Å². The molecule has 0 unspecified atom stereocenters. The number of hydrogen-bond acceptors (Lipinski definition) is 3. The molecule has 0 saturated heterocycles. The molecule has 18 heavy (non-hydrogen) atoms. The van der Waals surface area contributed by atoms with Crippen molar-refractivity contribution in [3.05, 3.63) is 29.8 Å². The summed E-state index contributed by atoms with van der Waals surface area (Å²) >= 11 is 5.13. The largest absolute Gasteiger partial charge is 0.281 e. The van der Waals surface area contributed by atoms with E-state index in [4.69, 9.17) is 11.6 Å². The predicted molar refractivity (Wildman–Crippen MR) is 71.2 cm³/mol. The summed E-state index contributed by atoms with van der Waals surface area (Å²) in [6.45, 7) is 4.08. The average Bonchev–Trinajstić information content (AvgIpc) is 2.28. The van der Waals surface area contributed by atoms with Gasteiger partial charge in [-0.3, -0.25) is 4.79 Å². The molecule has 0 amide bonds. The van der Waals surface area contributed by atoms with E-state index in [1.54, 1.807) is 24.3 Å². The molecule has 4 nitrogen and oxygen atoms in total. The second-order valence-electron chi connectivity index (χ2n) is 4.23. The highest BCUT2D eigenvalue weighted by molar-refractivity contribution is 7.89. The molecule has 6 heteroatoms. The van der Waals surface area contributed by atoms with E-state index in [2.05, 4.69) is 4.72 Å². The van der Waals surface area contributed by atoms with Crippen molar-refractivity contribution >= 4 is 26.9 Å². The van der Waals surface area contributed by atoms with Gasteiger partial charge in [0.2, 0.25) is 15.3 Å². The molecule has 1 N–H and O–H groups in total. The third-order valence-electron chi connectivity index (χ3n) is 2.47. The fourth-order valence-electron chi connectivity index (χ4n) is 1.40. The molecule has 0 aliphatic heterocycles. The molecule has 1 aromatic carbocycles. The fourth-order valence-corrected chi connectivity index (χ4v) is 2.53. The molecule has 0 aliphatic carbocycles. The summed E-state index contributed by atoms with van der Waals surface area (Å²) in [6.07, 6.45) is -0.0230. The van der Waals surface area contributed by atoms with Gasteiger partial charge < -0.3 is 0 Å². The number of nitrogens with one attached hydrogen (secondary N) is 1. The van der Waals surface area contributed by atoms with Crippen LogP contribution in [0.3, 0.4) is 0 Å². The lowest BCUT2D eigenvalue weighted by Crippen LogP contribution is -2.25. The molecule has 1 rings (SSSR count). The zero-order valence-electron chi connectivity index (χ0n) is 10.3. The molecule has 1 aromatic rings. The Labute approximate surface area is 112 Å². The maximum atomic E-state index is 11.8. The van der Waals surface area contributed by atoms with Gasteiger partial charge in [-0.15, -0.1) is 0 Å². The van der Waals surface area contributed by atoms with Crippen molar-refractivity contribution in [2.24, 2.45) is 0 Å². The first-order valence-corrected chi connectivity index (χ1v) is 7.47. The molecule has 0 spiro atoms. The van der Waals surface area contributed by atoms with Gasteiger partial charge in [0, 0.05) is 13.0 Å². The Hall–Kier alpha value is -0.910. The Morgan fingerprint density at radius 3 is 2.28 bits per heavy atom. The van der Waals surface area contributed by atoms with E-state index in [1.807, 2.05) is 13.8 Å². The van der Waals surface area contributed by atoms with Crippen molar-refractivity contribution in [3.63, 3.8) is 0 Å². The van der Waals surface area contributed by atoms with E-state index in [0.29, 0.717) is 5.92 Å². The molecular weight excluding hydrogens is 274 g/mol.